The van der Waals surface area contributed by atoms with Gasteiger partial charge in [-0.25, -0.2) is 0 Å². The Bertz CT molecular complexity index is 599. The van der Waals surface area contributed by atoms with Gasteiger partial charge in [-0.05, 0) is 57.9 Å². The predicted molar refractivity (Wildman–Crippen MR) is 85.3 cm³/mol. The molecule has 2 aromatic rings. The highest BCUT2D eigenvalue weighted by Gasteiger charge is 2.15. The molecule has 0 spiro atoms. The quantitative estimate of drug-likeness (QED) is 0.889. The third-order valence-corrected chi connectivity index (χ3v) is 3.98. The largest absolute Gasteiger partial charge is 0.491 e. The third kappa shape index (κ3) is 2.55. The lowest BCUT2D eigenvalue weighted by Gasteiger charge is -2.14. The van der Waals surface area contributed by atoms with E-state index in [9.17, 15) is 0 Å². The first-order valence-corrected chi connectivity index (χ1v) is 7.49. The maximum atomic E-state index is 5.95. The number of rotatable bonds is 5. The number of ether oxygens (including phenoxy) is 1. The second-order valence-electron chi connectivity index (χ2n) is 5.75. The van der Waals surface area contributed by atoms with Gasteiger partial charge in [-0.1, -0.05) is 6.92 Å². The molecule has 1 heterocycles. The summed E-state index contributed by atoms with van der Waals surface area (Å²) in [7, 11) is 0. The zero-order valence-corrected chi connectivity index (χ0v) is 13.2. The van der Waals surface area contributed by atoms with Gasteiger partial charge in [0.2, 0.25) is 0 Å². The molecule has 0 aliphatic rings. The van der Waals surface area contributed by atoms with Gasteiger partial charge in [-0.3, -0.25) is 0 Å². The fraction of sp³-hybridized carbons (Fsp3) is 0.529. The Balaban J connectivity index is 2.57. The first kappa shape index (κ1) is 14.9. The first-order valence-electron chi connectivity index (χ1n) is 7.49. The van der Waals surface area contributed by atoms with E-state index in [1.165, 1.54) is 22.2 Å². The summed E-state index contributed by atoms with van der Waals surface area (Å²) in [4.78, 5) is 0. The number of benzene rings is 1. The molecule has 0 saturated carbocycles. The van der Waals surface area contributed by atoms with Crippen LogP contribution >= 0.6 is 0 Å². The van der Waals surface area contributed by atoms with Gasteiger partial charge in [0.05, 0.1) is 6.10 Å². The molecule has 0 fully saturated rings. The normalized spacial score (nSPS) is 13.2. The van der Waals surface area contributed by atoms with Crippen molar-refractivity contribution in [2.24, 2.45) is 5.73 Å². The summed E-state index contributed by atoms with van der Waals surface area (Å²) in [5.41, 5.74) is 9.69. The SMILES string of the molecule is CC[C@H](C)Oc1ccc2c(c1)c(CN)c(C)n2C(C)C. The Morgan fingerprint density at radius 3 is 2.50 bits per heavy atom. The zero-order chi connectivity index (χ0) is 14.9. The lowest BCUT2D eigenvalue weighted by Crippen LogP contribution is -2.09. The van der Waals surface area contributed by atoms with Gasteiger partial charge < -0.3 is 15.0 Å². The van der Waals surface area contributed by atoms with Crippen LogP contribution in [0.15, 0.2) is 18.2 Å². The van der Waals surface area contributed by atoms with Gasteiger partial charge in [-0.2, -0.15) is 0 Å². The number of hydrogen-bond acceptors (Lipinski definition) is 2. The van der Waals surface area contributed by atoms with E-state index in [0.29, 0.717) is 12.6 Å². The molecule has 3 heteroatoms. The molecule has 0 radical (unpaired) electrons. The van der Waals surface area contributed by atoms with Crippen molar-refractivity contribution in [1.82, 2.24) is 4.57 Å². The van der Waals surface area contributed by atoms with Crippen molar-refractivity contribution in [2.75, 3.05) is 0 Å². The van der Waals surface area contributed by atoms with E-state index in [4.69, 9.17) is 10.5 Å². The minimum Gasteiger partial charge on any atom is -0.491 e. The van der Waals surface area contributed by atoms with Crippen LogP contribution in [0.4, 0.5) is 0 Å². The minimum absolute atomic E-state index is 0.238. The van der Waals surface area contributed by atoms with Crippen molar-refractivity contribution < 1.29 is 4.74 Å². The topological polar surface area (TPSA) is 40.2 Å². The Morgan fingerprint density at radius 2 is 1.95 bits per heavy atom. The Kier molecular flexibility index (Phi) is 4.39. The van der Waals surface area contributed by atoms with Crippen molar-refractivity contribution in [3.05, 3.63) is 29.5 Å². The molecule has 0 aliphatic heterocycles. The summed E-state index contributed by atoms with van der Waals surface area (Å²) in [6.07, 6.45) is 1.25. The van der Waals surface area contributed by atoms with Crippen LogP contribution in [0.3, 0.4) is 0 Å². The number of hydrogen-bond donors (Lipinski definition) is 1. The van der Waals surface area contributed by atoms with Crippen LogP contribution in [0.1, 0.15) is 51.4 Å². The molecule has 1 aromatic carbocycles. The molecule has 20 heavy (non-hydrogen) atoms. The number of aromatic nitrogens is 1. The van der Waals surface area contributed by atoms with Gasteiger partial charge in [-0.15, -0.1) is 0 Å². The molecule has 0 bridgehead atoms. The Morgan fingerprint density at radius 1 is 1.25 bits per heavy atom. The highest BCUT2D eigenvalue weighted by Crippen LogP contribution is 2.32. The summed E-state index contributed by atoms with van der Waals surface area (Å²) in [6.45, 7) is 11.4. The van der Waals surface area contributed by atoms with E-state index in [-0.39, 0.29) is 6.10 Å². The summed E-state index contributed by atoms with van der Waals surface area (Å²) < 4.78 is 8.28. The molecule has 0 unspecified atom stereocenters. The summed E-state index contributed by atoms with van der Waals surface area (Å²) in [5, 5.41) is 1.22. The molecule has 2 rings (SSSR count). The van der Waals surface area contributed by atoms with Gasteiger partial charge in [0, 0.05) is 29.2 Å². The summed E-state index contributed by atoms with van der Waals surface area (Å²) in [6, 6.07) is 6.78. The fourth-order valence-corrected chi connectivity index (χ4v) is 2.80. The van der Waals surface area contributed by atoms with Crippen LogP contribution in [-0.4, -0.2) is 10.7 Å². The lowest BCUT2D eigenvalue weighted by atomic mass is 10.1. The van der Waals surface area contributed by atoms with Crippen molar-refractivity contribution in [2.45, 2.75) is 59.7 Å². The van der Waals surface area contributed by atoms with E-state index in [2.05, 4.69) is 57.4 Å². The molecule has 3 nitrogen and oxygen atoms in total. The second kappa shape index (κ2) is 5.88. The van der Waals surface area contributed by atoms with Crippen LogP contribution < -0.4 is 10.5 Å². The lowest BCUT2D eigenvalue weighted by molar-refractivity contribution is 0.217. The molecule has 0 amide bonds. The molecule has 2 N–H and O–H groups in total. The third-order valence-electron chi connectivity index (χ3n) is 3.98. The van der Waals surface area contributed by atoms with Gasteiger partial charge >= 0.3 is 0 Å². The van der Waals surface area contributed by atoms with Crippen LogP contribution in [-0.2, 0) is 6.54 Å². The molecular formula is C17H26N2O. The predicted octanol–water partition coefficient (Wildman–Crippen LogP) is 4.17. The van der Waals surface area contributed by atoms with Crippen molar-refractivity contribution in [3.63, 3.8) is 0 Å². The average Bonchev–Trinajstić information content (AvgIpc) is 2.69. The smallest absolute Gasteiger partial charge is 0.120 e. The van der Waals surface area contributed by atoms with E-state index >= 15 is 0 Å². The Hall–Kier alpha value is -1.48. The molecule has 110 valence electrons. The minimum atomic E-state index is 0.238. The standard InChI is InChI=1S/C17H26N2O/c1-6-12(4)20-14-7-8-17-15(9-14)16(10-18)13(5)19(17)11(2)3/h7-9,11-12H,6,10,18H2,1-5H3/t12-/m0/s1. The van der Waals surface area contributed by atoms with Gasteiger partial charge in [0.1, 0.15) is 5.75 Å². The van der Waals surface area contributed by atoms with E-state index in [1.807, 2.05) is 0 Å². The van der Waals surface area contributed by atoms with Gasteiger partial charge in [0.25, 0.3) is 0 Å². The first-order chi connectivity index (χ1) is 9.49. The average molecular weight is 274 g/mol. The second-order valence-corrected chi connectivity index (χ2v) is 5.75. The van der Waals surface area contributed by atoms with E-state index < -0.39 is 0 Å². The van der Waals surface area contributed by atoms with Crippen LogP contribution in [0.5, 0.6) is 5.75 Å². The van der Waals surface area contributed by atoms with Crippen molar-refractivity contribution in [3.8, 4) is 5.75 Å². The van der Waals surface area contributed by atoms with Crippen LogP contribution in [0.2, 0.25) is 0 Å². The summed E-state index contributed by atoms with van der Waals surface area (Å²) in [5.74, 6) is 0.933. The van der Waals surface area contributed by atoms with Crippen molar-refractivity contribution in [1.29, 1.82) is 0 Å². The van der Waals surface area contributed by atoms with E-state index in [0.717, 1.165) is 12.2 Å². The molecule has 1 atom stereocenters. The van der Waals surface area contributed by atoms with E-state index in [1.54, 1.807) is 0 Å². The highest BCUT2D eigenvalue weighted by atomic mass is 16.5. The maximum absolute atomic E-state index is 5.95. The van der Waals surface area contributed by atoms with Gasteiger partial charge in [0.15, 0.2) is 0 Å². The number of fused-ring (bicyclic) bond motifs is 1. The monoisotopic (exact) mass is 274 g/mol. The molecular weight excluding hydrogens is 248 g/mol. The van der Waals surface area contributed by atoms with Crippen LogP contribution in [0, 0.1) is 6.92 Å². The number of nitrogens with zero attached hydrogens (tertiary/aromatic N) is 1. The number of nitrogens with two attached hydrogens (primary N) is 1. The van der Waals surface area contributed by atoms with Crippen molar-refractivity contribution >= 4 is 10.9 Å². The molecule has 0 aliphatic carbocycles. The molecule has 1 aromatic heterocycles. The Labute approximate surface area is 121 Å². The van der Waals surface area contributed by atoms with Crippen LogP contribution in [0.25, 0.3) is 10.9 Å². The zero-order valence-electron chi connectivity index (χ0n) is 13.2. The summed E-state index contributed by atoms with van der Waals surface area (Å²) >= 11 is 0. The molecule has 0 saturated heterocycles. The highest BCUT2D eigenvalue weighted by molar-refractivity contribution is 5.87. The maximum Gasteiger partial charge on any atom is 0.120 e. The fourth-order valence-electron chi connectivity index (χ4n) is 2.80.